The number of para-hydroxylation sites is 7. The molecule has 0 saturated carbocycles. The van der Waals surface area contributed by atoms with Crippen LogP contribution in [0.5, 0.6) is 0 Å². The van der Waals surface area contributed by atoms with Gasteiger partial charge < -0.3 is 27.9 Å². The van der Waals surface area contributed by atoms with Gasteiger partial charge in [-0.2, -0.15) is 0 Å². The summed E-state index contributed by atoms with van der Waals surface area (Å²) in [5.41, 5.74) is 23.8. The Balaban J connectivity index is 0.0000000970. The molecule has 5 heterocycles. The molecule has 0 N–H and O–H groups in total. The Kier molecular flexibility index (Phi) is 20.5. The molecule has 26 rings (SSSR count). The van der Waals surface area contributed by atoms with Gasteiger partial charge in [-0.1, -0.05) is 328 Å². The van der Waals surface area contributed by atoms with E-state index in [0.717, 1.165) is 45.3 Å². The van der Waals surface area contributed by atoms with Crippen LogP contribution >= 0.6 is 11.3 Å². The summed E-state index contributed by atoms with van der Waals surface area (Å²) in [6.07, 6.45) is 0. The molecular weight excluding hydrogens is 1570 g/mol. The van der Waals surface area contributed by atoms with E-state index in [1.165, 1.54) is 173 Å². The lowest BCUT2D eigenvalue weighted by Gasteiger charge is -2.26. The van der Waals surface area contributed by atoms with Gasteiger partial charge in [-0.05, 0) is 222 Å². The molecule has 5 aromatic heterocycles. The molecule has 6 nitrogen and oxygen atoms in total. The Morgan fingerprint density at radius 3 is 0.953 bits per heavy atom. The molecule has 7 heteroatoms. The maximum Gasteiger partial charge on any atom is 0.145 e. The van der Waals surface area contributed by atoms with Crippen molar-refractivity contribution in [2.45, 2.75) is 0 Å². The number of hydrogen-bond donors (Lipinski definition) is 0. The van der Waals surface area contributed by atoms with Gasteiger partial charge in [0.25, 0.3) is 0 Å². The number of anilines is 6. The van der Waals surface area contributed by atoms with Crippen molar-refractivity contribution in [3.8, 4) is 33.4 Å². The SMILES string of the molecule is Cn1c2ccccc2c2c3ccccc3ccc21.Cn1c2ccccc2c2c3oc4ccccc4c3ccc21.Cn1c2ccccc2c2c3sc4ccccc4c3ccc21.c1ccc(N(c2ccc(-c3ccc4ccccc4c3)cc2)c2ccc(-c3ccc4ccccc4c3)cc2)cc1.c1ccc(N(c2ccccc2)c2ccc(-c3ccc4ccccc4c3)cc2)cc1. The molecule has 0 aliphatic carbocycles. The fourth-order valence-electron chi connectivity index (χ4n) is 18.9. The van der Waals surface area contributed by atoms with Crippen molar-refractivity contribution >= 4 is 196 Å². The Hall–Kier alpha value is -16.3. The quantitative estimate of drug-likeness (QED) is 0.144. The average molecular weight is 1660 g/mol. The van der Waals surface area contributed by atoms with Crippen LogP contribution in [0.15, 0.2) is 478 Å². The Labute approximate surface area is 746 Å². The summed E-state index contributed by atoms with van der Waals surface area (Å²) in [7, 11) is 6.41. The van der Waals surface area contributed by atoms with Crippen LogP contribution in [0.3, 0.4) is 0 Å². The van der Waals surface area contributed by atoms with E-state index in [4.69, 9.17) is 4.42 Å². The fraction of sp³-hybridized carbons (Fsp3) is 0.0248. The molecule has 0 bridgehead atoms. The Morgan fingerprint density at radius 1 is 0.195 bits per heavy atom. The molecule has 26 aromatic rings. The minimum Gasteiger partial charge on any atom is -0.455 e. The number of aryl methyl sites for hydroxylation is 3. The lowest BCUT2D eigenvalue weighted by atomic mass is 10.00. The fourth-order valence-corrected chi connectivity index (χ4v) is 20.2. The molecule has 0 unspecified atom stereocenters. The highest BCUT2D eigenvalue weighted by atomic mass is 32.1. The predicted molar refractivity (Wildman–Crippen MR) is 550 cm³/mol. The highest BCUT2D eigenvalue weighted by molar-refractivity contribution is 7.26. The van der Waals surface area contributed by atoms with E-state index in [1.807, 2.05) is 23.5 Å². The number of furan rings is 1. The lowest BCUT2D eigenvalue weighted by Crippen LogP contribution is -2.09. The second-order valence-corrected chi connectivity index (χ2v) is 33.8. The number of aromatic nitrogens is 3. The minimum atomic E-state index is 0.952. The van der Waals surface area contributed by atoms with Crippen molar-refractivity contribution < 1.29 is 4.42 Å². The smallest absolute Gasteiger partial charge is 0.145 e. The molecule has 128 heavy (non-hydrogen) atoms. The molecule has 0 aliphatic heterocycles. The van der Waals surface area contributed by atoms with Gasteiger partial charge in [0.15, 0.2) is 0 Å². The number of rotatable bonds is 9. The van der Waals surface area contributed by atoms with E-state index < -0.39 is 0 Å². The summed E-state index contributed by atoms with van der Waals surface area (Å²) in [4.78, 5) is 4.60. The van der Waals surface area contributed by atoms with Gasteiger partial charge in [0.1, 0.15) is 11.2 Å². The monoisotopic (exact) mass is 1660 g/mol. The lowest BCUT2D eigenvalue weighted by molar-refractivity contribution is 0.673. The summed E-state index contributed by atoms with van der Waals surface area (Å²) in [5, 5.41) is 23.3. The van der Waals surface area contributed by atoms with E-state index in [9.17, 15) is 0 Å². The van der Waals surface area contributed by atoms with Gasteiger partial charge in [-0.3, -0.25) is 0 Å². The van der Waals surface area contributed by atoms with E-state index >= 15 is 0 Å². The third kappa shape index (κ3) is 14.5. The van der Waals surface area contributed by atoms with Crippen LogP contribution in [0.25, 0.3) is 184 Å². The second-order valence-electron chi connectivity index (χ2n) is 32.8. The molecule has 0 fully saturated rings. The van der Waals surface area contributed by atoms with Crippen molar-refractivity contribution in [3.63, 3.8) is 0 Å². The number of fused-ring (bicyclic) bond motifs is 22. The summed E-state index contributed by atoms with van der Waals surface area (Å²) < 4.78 is 15.8. The number of nitrogens with zero attached hydrogens (tertiary/aromatic N) is 5. The first-order valence-corrected chi connectivity index (χ1v) is 44.5. The number of hydrogen-bond acceptors (Lipinski definition) is 4. The van der Waals surface area contributed by atoms with Crippen molar-refractivity contribution in [1.82, 2.24) is 13.7 Å². The average Bonchev–Trinajstić information content (AvgIpc) is 1.58. The normalized spacial score (nSPS) is 11.4. The van der Waals surface area contributed by atoms with Gasteiger partial charge in [-0.25, -0.2) is 0 Å². The van der Waals surface area contributed by atoms with Gasteiger partial charge >= 0.3 is 0 Å². The van der Waals surface area contributed by atoms with Crippen LogP contribution in [-0.2, 0) is 21.1 Å². The molecule has 0 aliphatic rings. The van der Waals surface area contributed by atoms with Gasteiger partial charge in [0.2, 0.25) is 0 Å². The number of benzene rings is 21. The largest absolute Gasteiger partial charge is 0.455 e. The standard InChI is InChI=1S/C38H27N.C28H21N.C19H13NO.C19H13NS.C17H13N/c1-2-12-36(13-3-1)39(37-22-18-30(19-23-37)34-16-14-28-8-4-6-10-32(28)26-34)38-24-20-31(21-25-38)35-17-15-29-9-5-7-11-33(29)27-35;1-3-11-26(12-4-1)29(27-13-5-2-6-14-27)28-19-17-23(18-20-28)25-16-15-22-9-7-8-10-24(22)21-25;2*1-20-15-8-4-2-7-14(15)18-16(20)11-10-13-12-6-3-5-9-17(12)21-19(13)18;1-18-15-9-5-4-8-14(15)17-13-7-3-2-6-12(13)10-11-16(17)18/h1-27H;1-21H;2*2-11H,1H3;2-11H,1H3. The maximum atomic E-state index is 6.17. The van der Waals surface area contributed by atoms with E-state index in [2.05, 4.69) is 506 Å². The second kappa shape index (κ2) is 33.7. The first-order chi connectivity index (χ1) is 63.2. The third-order valence-electron chi connectivity index (χ3n) is 25.3. The van der Waals surface area contributed by atoms with Gasteiger partial charge in [0, 0.05) is 135 Å². The summed E-state index contributed by atoms with van der Waals surface area (Å²) in [6.45, 7) is 0. The van der Waals surface area contributed by atoms with Crippen LogP contribution < -0.4 is 9.80 Å². The zero-order chi connectivity index (χ0) is 85.5. The topological polar surface area (TPSA) is 34.4 Å². The predicted octanol–water partition coefficient (Wildman–Crippen LogP) is 34.2. The third-order valence-corrected chi connectivity index (χ3v) is 26.5. The summed E-state index contributed by atoms with van der Waals surface area (Å²) in [5.74, 6) is 0. The molecule has 21 aromatic carbocycles. The van der Waals surface area contributed by atoms with Gasteiger partial charge in [-0.15, -0.1) is 11.3 Å². The summed E-state index contributed by atoms with van der Waals surface area (Å²) >= 11 is 1.91. The zero-order valence-corrected chi connectivity index (χ0v) is 71.9. The van der Waals surface area contributed by atoms with Crippen molar-refractivity contribution in [1.29, 1.82) is 0 Å². The van der Waals surface area contributed by atoms with Crippen LogP contribution in [0.1, 0.15) is 0 Å². The highest BCUT2D eigenvalue weighted by Gasteiger charge is 2.21. The maximum absolute atomic E-state index is 6.17. The van der Waals surface area contributed by atoms with Crippen molar-refractivity contribution in [3.05, 3.63) is 473 Å². The number of thiophene rings is 1. The van der Waals surface area contributed by atoms with Crippen LogP contribution in [0, 0.1) is 0 Å². The van der Waals surface area contributed by atoms with E-state index in [0.29, 0.717) is 0 Å². The van der Waals surface area contributed by atoms with Gasteiger partial charge in [0.05, 0.1) is 16.4 Å². The summed E-state index contributed by atoms with van der Waals surface area (Å²) in [6, 6.07) is 168. The van der Waals surface area contributed by atoms with Crippen molar-refractivity contribution in [2.75, 3.05) is 9.80 Å². The first-order valence-electron chi connectivity index (χ1n) is 43.7. The van der Waals surface area contributed by atoms with E-state index in [-0.39, 0.29) is 0 Å². The Bertz CT molecular complexity index is 8250. The molecular formula is C121H87N5OS. The molecule has 0 amide bonds. The van der Waals surface area contributed by atoms with Crippen LogP contribution in [0.2, 0.25) is 0 Å². The highest BCUT2D eigenvalue weighted by Crippen LogP contribution is 2.45. The molecule has 0 atom stereocenters. The van der Waals surface area contributed by atoms with Crippen LogP contribution in [-0.4, -0.2) is 13.7 Å². The first kappa shape index (κ1) is 77.7. The van der Waals surface area contributed by atoms with E-state index in [1.54, 1.807) is 0 Å². The minimum absolute atomic E-state index is 0.952. The molecule has 0 saturated heterocycles. The van der Waals surface area contributed by atoms with Crippen molar-refractivity contribution in [2.24, 2.45) is 21.1 Å². The zero-order valence-electron chi connectivity index (χ0n) is 71.1. The molecule has 608 valence electrons. The molecule has 0 radical (unpaired) electrons. The van der Waals surface area contributed by atoms with Crippen LogP contribution in [0.4, 0.5) is 34.1 Å². The molecule has 0 spiro atoms. The Morgan fingerprint density at radius 2 is 0.500 bits per heavy atom.